The number of benzene rings is 2. The van der Waals surface area contributed by atoms with E-state index < -0.39 is 5.82 Å². The van der Waals surface area contributed by atoms with Crippen molar-refractivity contribution >= 4 is 39.9 Å². The molecule has 30 heavy (non-hydrogen) atoms. The second-order valence-electron chi connectivity index (χ2n) is 6.42. The quantitative estimate of drug-likeness (QED) is 0.425. The lowest BCUT2D eigenvalue weighted by atomic mass is 10.2. The molecule has 0 bridgehead atoms. The van der Waals surface area contributed by atoms with E-state index in [-0.39, 0.29) is 11.7 Å². The van der Waals surface area contributed by atoms with Crippen molar-refractivity contribution in [1.82, 2.24) is 19.6 Å². The molecule has 0 radical (unpaired) electrons. The molecule has 0 saturated carbocycles. The lowest BCUT2D eigenvalue weighted by Gasteiger charge is -2.08. The molecule has 3 aromatic heterocycles. The number of hydrogen-bond acceptors (Lipinski definition) is 6. The molecule has 3 heterocycles. The first-order valence-electron chi connectivity index (χ1n) is 9.05. The molecule has 148 valence electrons. The number of rotatable bonds is 5. The molecule has 5 aromatic rings. The van der Waals surface area contributed by atoms with Crippen LogP contribution in [0.25, 0.3) is 28.1 Å². The van der Waals surface area contributed by atoms with Crippen LogP contribution in [0.15, 0.2) is 76.5 Å². The molecule has 0 spiro atoms. The van der Waals surface area contributed by atoms with Gasteiger partial charge in [-0.25, -0.2) is 9.37 Å². The van der Waals surface area contributed by atoms with E-state index in [1.165, 1.54) is 30.0 Å². The molecule has 9 heteroatoms. The Morgan fingerprint density at radius 1 is 1.10 bits per heavy atom. The van der Waals surface area contributed by atoms with Crippen LogP contribution >= 0.6 is 11.8 Å². The third-order valence-electron chi connectivity index (χ3n) is 4.40. The van der Waals surface area contributed by atoms with Crippen LogP contribution in [-0.4, -0.2) is 31.2 Å². The lowest BCUT2D eigenvalue weighted by molar-refractivity contribution is -0.113. The topological polar surface area (TPSA) is 85.3 Å². The van der Waals surface area contributed by atoms with Gasteiger partial charge in [-0.2, -0.15) is 0 Å². The minimum atomic E-state index is -0.412. The van der Waals surface area contributed by atoms with Gasteiger partial charge in [0.2, 0.25) is 5.91 Å². The number of halogens is 1. The van der Waals surface area contributed by atoms with Crippen molar-refractivity contribution in [1.29, 1.82) is 0 Å². The third-order valence-corrected chi connectivity index (χ3v) is 5.33. The molecule has 1 amide bonds. The maximum atomic E-state index is 13.3. The summed E-state index contributed by atoms with van der Waals surface area (Å²) in [5, 5.41) is 12.6. The van der Waals surface area contributed by atoms with Crippen LogP contribution in [0.4, 0.5) is 10.1 Å². The first-order valence-corrected chi connectivity index (χ1v) is 10.0. The number of thioether (sulfide) groups is 1. The smallest absolute Gasteiger partial charge is 0.234 e. The van der Waals surface area contributed by atoms with Crippen molar-refractivity contribution in [3.63, 3.8) is 0 Å². The van der Waals surface area contributed by atoms with E-state index in [1.54, 1.807) is 22.8 Å². The number of amides is 1. The predicted octanol–water partition coefficient (Wildman–Crippen LogP) is 4.41. The van der Waals surface area contributed by atoms with Crippen LogP contribution in [0.1, 0.15) is 0 Å². The van der Waals surface area contributed by atoms with Crippen molar-refractivity contribution in [2.75, 3.05) is 11.1 Å². The zero-order valence-electron chi connectivity index (χ0n) is 15.4. The van der Waals surface area contributed by atoms with Gasteiger partial charge in [-0.05, 0) is 42.5 Å². The van der Waals surface area contributed by atoms with E-state index in [1.807, 2.05) is 30.3 Å². The van der Waals surface area contributed by atoms with Crippen molar-refractivity contribution in [3.8, 4) is 11.6 Å². The summed E-state index contributed by atoms with van der Waals surface area (Å²) in [6, 6.07) is 17.0. The van der Waals surface area contributed by atoms with Gasteiger partial charge >= 0.3 is 0 Å². The summed E-state index contributed by atoms with van der Waals surface area (Å²) in [4.78, 5) is 17.1. The minimum Gasteiger partial charge on any atom is -0.461 e. The van der Waals surface area contributed by atoms with Crippen molar-refractivity contribution in [2.24, 2.45) is 0 Å². The molecule has 2 aromatic carbocycles. The van der Waals surface area contributed by atoms with Gasteiger partial charge < -0.3 is 9.73 Å². The van der Waals surface area contributed by atoms with Crippen LogP contribution in [0.3, 0.4) is 0 Å². The first kappa shape index (κ1) is 18.3. The summed E-state index contributed by atoms with van der Waals surface area (Å²) in [5.41, 5.74) is 1.79. The summed E-state index contributed by atoms with van der Waals surface area (Å²) in [6.45, 7) is 0. The van der Waals surface area contributed by atoms with Crippen molar-refractivity contribution in [2.45, 2.75) is 5.16 Å². The number of anilines is 1. The Morgan fingerprint density at radius 2 is 2.00 bits per heavy atom. The number of hydrogen-bond donors (Lipinski definition) is 1. The number of aromatic nitrogens is 4. The van der Waals surface area contributed by atoms with E-state index in [0.717, 1.165) is 10.9 Å². The lowest BCUT2D eigenvalue weighted by Crippen LogP contribution is -2.14. The molecular weight excluding hydrogens is 405 g/mol. The van der Waals surface area contributed by atoms with Gasteiger partial charge in [0.05, 0.1) is 17.5 Å². The van der Waals surface area contributed by atoms with Crippen LogP contribution in [-0.2, 0) is 4.79 Å². The van der Waals surface area contributed by atoms with Gasteiger partial charge in [-0.3, -0.25) is 9.20 Å². The van der Waals surface area contributed by atoms with E-state index in [9.17, 15) is 9.18 Å². The molecule has 7 nitrogen and oxygen atoms in total. The summed E-state index contributed by atoms with van der Waals surface area (Å²) < 4.78 is 20.6. The molecule has 5 rings (SSSR count). The van der Waals surface area contributed by atoms with Gasteiger partial charge in [-0.1, -0.05) is 30.0 Å². The van der Waals surface area contributed by atoms with Crippen LogP contribution in [0.5, 0.6) is 0 Å². The first-order chi connectivity index (χ1) is 14.7. The Hall–Kier alpha value is -3.72. The number of furan rings is 1. The highest BCUT2D eigenvalue weighted by Crippen LogP contribution is 2.29. The van der Waals surface area contributed by atoms with Crippen molar-refractivity contribution < 1.29 is 13.6 Å². The number of nitrogens with zero attached hydrogens (tertiary/aromatic N) is 4. The summed E-state index contributed by atoms with van der Waals surface area (Å²) in [6.07, 6.45) is 1.57. The minimum absolute atomic E-state index is 0.0712. The van der Waals surface area contributed by atoms with E-state index >= 15 is 0 Å². The second kappa shape index (κ2) is 7.60. The molecule has 0 fully saturated rings. The number of nitrogens with one attached hydrogen (secondary N) is 1. The Labute approximate surface area is 173 Å². The highest BCUT2D eigenvalue weighted by Gasteiger charge is 2.19. The number of carbonyl (C=O) groups excluding carboxylic acids is 1. The highest BCUT2D eigenvalue weighted by molar-refractivity contribution is 7.99. The Balaban J connectivity index is 1.49. The predicted molar refractivity (Wildman–Crippen MR) is 112 cm³/mol. The van der Waals surface area contributed by atoms with E-state index in [4.69, 9.17) is 9.40 Å². The number of fused-ring (bicyclic) bond motifs is 3. The van der Waals surface area contributed by atoms with Gasteiger partial charge in [0, 0.05) is 11.1 Å². The Morgan fingerprint density at radius 3 is 2.83 bits per heavy atom. The summed E-state index contributed by atoms with van der Waals surface area (Å²) in [7, 11) is 0. The van der Waals surface area contributed by atoms with Crippen molar-refractivity contribution in [3.05, 3.63) is 72.7 Å². The fourth-order valence-corrected chi connectivity index (χ4v) is 3.85. The van der Waals surface area contributed by atoms with Gasteiger partial charge in [0.1, 0.15) is 5.82 Å². The maximum absolute atomic E-state index is 13.3. The number of carbonyl (C=O) groups is 1. The second-order valence-corrected chi connectivity index (χ2v) is 7.36. The molecule has 0 aliphatic rings. The molecular formula is C21H14FN5O2S. The fraction of sp³-hybridized carbons (Fsp3) is 0.0476. The Kier molecular flexibility index (Phi) is 4.64. The zero-order valence-corrected chi connectivity index (χ0v) is 16.3. The average Bonchev–Trinajstić information content (AvgIpc) is 3.42. The highest BCUT2D eigenvalue weighted by atomic mass is 32.2. The summed E-state index contributed by atoms with van der Waals surface area (Å²) >= 11 is 1.21. The SMILES string of the molecule is O=C(CSc1nnc2c3ccccc3nc(-c3ccco3)n12)Nc1cccc(F)c1. The molecule has 0 atom stereocenters. The zero-order chi connectivity index (χ0) is 20.5. The average molecular weight is 419 g/mol. The third kappa shape index (κ3) is 3.39. The molecule has 0 unspecified atom stereocenters. The van der Waals surface area contributed by atoms with Gasteiger partial charge in [0.25, 0.3) is 0 Å². The molecule has 0 aliphatic carbocycles. The summed E-state index contributed by atoms with van der Waals surface area (Å²) in [5.74, 6) is 0.491. The molecule has 1 N–H and O–H groups in total. The largest absolute Gasteiger partial charge is 0.461 e. The normalized spacial score (nSPS) is 11.2. The fourth-order valence-electron chi connectivity index (χ4n) is 3.12. The standard InChI is InChI=1S/C21H14FN5O2S/c22-13-5-3-6-14(11-13)23-18(28)12-30-21-26-25-19-15-7-1-2-8-16(15)24-20(27(19)21)17-9-4-10-29-17/h1-11H,12H2,(H,23,28). The van der Waals surface area contributed by atoms with Crippen LogP contribution in [0.2, 0.25) is 0 Å². The van der Waals surface area contributed by atoms with Gasteiger partial charge in [-0.15, -0.1) is 10.2 Å². The van der Waals surface area contributed by atoms with Gasteiger partial charge in [0.15, 0.2) is 22.4 Å². The van der Waals surface area contributed by atoms with E-state index in [2.05, 4.69) is 15.5 Å². The van der Waals surface area contributed by atoms with Crippen LogP contribution in [0, 0.1) is 5.82 Å². The Bertz CT molecular complexity index is 1370. The monoisotopic (exact) mass is 419 g/mol. The molecule has 0 saturated heterocycles. The number of para-hydroxylation sites is 1. The van der Waals surface area contributed by atoms with Crippen LogP contribution < -0.4 is 5.32 Å². The maximum Gasteiger partial charge on any atom is 0.234 e. The molecule has 0 aliphatic heterocycles. The van der Waals surface area contributed by atoms with E-state index in [0.29, 0.717) is 28.1 Å².